The molecule has 0 unspecified atom stereocenters. The Morgan fingerprint density at radius 2 is 1.83 bits per heavy atom. The van der Waals surface area contributed by atoms with Crippen molar-refractivity contribution < 1.29 is 24.3 Å². The van der Waals surface area contributed by atoms with Crippen LogP contribution in [-0.4, -0.2) is 59.9 Å². The summed E-state index contributed by atoms with van der Waals surface area (Å²) in [6.45, 7) is 4.80. The van der Waals surface area contributed by atoms with E-state index in [0.29, 0.717) is 38.6 Å². The number of ether oxygens (including phenoxy) is 2. The van der Waals surface area contributed by atoms with Crippen LogP contribution in [0.3, 0.4) is 0 Å². The number of benzene rings is 2. The molecule has 8 nitrogen and oxygen atoms in total. The van der Waals surface area contributed by atoms with E-state index in [4.69, 9.17) is 14.7 Å². The summed E-state index contributed by atoms with van der Waals surface area (Å²) in [6.07, 6.45) is 0. The van der Waals surface area contributed by atoms with Crippen LogP contribution in [0.5, 0.6) is 5.75 Å². The summed E-state index contributed by atoms with van der Waals surface area (Å²) < 4.78 is 11.4. The molecule has 8 heteroatoms. The van der Waals surface area contributed by atoms with E-state index >= 15 is 0 Å². The van der Waals surface area contributed by atoms with Crippen molar-refractivity contribution in [3.63, 3.8) is 0 Å². The van der Waals surface area contributed by atoms with E-state index in [1.54, 1.807) is 23.7 Å². The largest absolute Gasteiger partial charge is 0.491 e. The molecular formula is C22H25N3O5. The van der Waals surface area contributed by atoms with Crippen LogP contribution in [0, 0.1) is 6.92 Å². The first kappa shape index (κ1) is 20.2. The molecule has 1 saturated heterocycles. The van der Waals surface area contributed by atoms with Gasteiger partial charge in [0.15, 0.2) is 0 Å². The molecule has 0 bridgehead atoms. The number of morpholine rings is 1. The van der Waals surface area contributed by atoms with Crippen molar-refractivity contribution in [1.29, 1.82) is 0 Å². The van der Waals surface area contributed by atoms with Crippen molar-refractivity contribution in [2.45, 2.75) is 19.5 Å². The molecule has 2 aliphatic heterocycles. The molecular weight excluding hydrogens is 386 g/mol. The number of carbonyl (C=O) groups excluding carboxylic acids is 2. The predicted octanol–water partition coefficient (Wildman–Crippen LogP) is 2.50. The molecule has 2 aromatic carbocycles. The Labute approximate surface area is 174 Å². The highest BCUT2D eigenvalue weighted by atomic mass is 16.5. The van der Waals surface area contributed by atoms with Crippen molar-refractivity contribution in [3.05, 3.63) is 64.7 Å². The fourth-order valence-corrected chi connectivity index (χ4v) is 3.78. The SMILES string of the molecule is Cc1ccc([C@H]2COc3cc(C(=O)NO)ccc3CN2C(=O)N2CCOCC2)cc1. The summed E-state index contributed by atoms with van der Waals surface area (Å²) >= 11 is 0. The lowest BCUT2D eigenvalue weighted by Gasteiger charge is -2.36. The van der Waals surface area contributed by atoms with Crippen LogP contribution in [-0.2, 0) is 11.3 Å². The normalized spacial score (nSPS) is 18.8. The number of urea groups is 1. The van der Waals surface area contributed by atoms with Crippen LogP contribution < -0.4 is 10.2 Å². The van der Waals surface area contributed by atoms with Crippen molar-refractivity contribution in [1.82, 2.24) is 15.3 Å². The van der Waals surface area contributed by atoms with Gasteiger partial charge in [-0.3, -0.25) is 10.0 Å². The van der Waals surface area contributed by atoms with Crippen LogP contribution in [0.15, 0.2) is 42.5 Å². The maximum absolute atomic E-state index is 13.4. The summed E-state index contributed by atoms with van der Waals surface area (Å²) in [4.78, 5) is 28.8. The Hall–Kier alpha value is -3.10. The fraction of sp³-hybridized carbons (Fsp3) is 0.364. The average molecular weight is 411 g/mol. The Morgan fingerprint density at radius 1 is 1.10 bits per heavy atom. The molecule has 0 aromatic heterocycles. The van der Waals surface area contributed by atoms with Crippen molar-refractivity contribution in [3.8, 4) is 5.75 Å². The molecule has 0 saturated carbocycles. The van der Waals surface area contributed by atoms with Crippen LogP contribution in [0.25, 0.3) is 0 Å². The number of carbonyl (C=O) groups is 2. The summed E-state index contributed by atoms with van der Waals surface area (Å²) in [5.41, 5.74) is 4.86. The molecule has 30 heavy (non-hydrogen) atoms. The minimum absolute atomic E-state index is 0.0579. The Kier molecular flexibility index (Phi) is 5.87. The van der Waals surface area contributed by atoms with Gasteiger partial charge in [-0.25, -0.2) is 10.3 Å². The predicted molar refractivity (Wildman–Crippen MR) is 108 cm³/mol. The van der Waals surface area contributed by atoms with Crippen LogP contribution >= 0.6 is 0 Å². The van der Waals surface area contributed by atoms with E-state index in [1.807, 2.05) is 41.0 Å². The smallest absolute Gasteiger partial charge is 0.321 e. The highest BCUT2D eigenvalue weighted by Gasteiger charge is 2.33. The van der Waals surface area contributed by atoms with E-state index in [1.165, 1.54) is 0 Å². The maximum atomic E-state index is 13.4. The number of rotatable bonds is 2. The molecule has 3 amide bonds. The molecule has 2 aromatic rings. The van der Waals surface area contributed by atoms with Crippen molar-refractivity contribution >= 4 is 11.9 Å². The first-order chi connectivity index (χ1) is 14.6. The van der Waals surface area contributed by atoms with Gasteiger partial charge in [0.2, 0.25) is 0 Å². The van der Waals surface area contributed by atoms with E-state index in [0.717, 1.165) is 16.7 Å². The maximum Gasteiger partial charge on any atom is 0.321 e. The Balaban J connectivity index is 1.68. The van der Waals surface area contributed by atoms with Gasteiger partial charge in [-0.1, -0.05) is 35.9 Å². The molecule has 2 N–H and O–H groups in total. The minimum Gasteiger partial charge on any atom is -0.491 e. The second-order valence-corrected chi connectivity index (χ2v) is 7.51. The number of hydrogen-bond acceptors (Lipinski definition) is 5. The zero-order valence-corrected chi connectivity index (χ0v) is 16.8. The van der Waals surface area contributed by atoms with Crippen molar-refractivity contribution in [2.24, 2.45) is 0 Å². The number of hydroxylamine groups is 1. The summed E-state index contributed by atoms with van der Waals surface area (Å²) in [6, 6.07) is 12.7. The van der Waals surface area contributed by atoms with Gasteiger partial charge in [0.1, 0.15) is 12.4 Å². The van der Waals surface area contributed by atoms with Gasteiger partial charge in [0.25, 0.3) is 5.91 Å². The molecule has 0 spiro atoms. The molecule has 0 radical (unpaired) electrons. The lowest BCUT2D eigenvalue weighted by atomic mass is 10.0. The zero-order valence-electron chi connectivity index (χ0n) is 16.8. The first-order valence-corrected chi connectivity index (χ1v) is 9.97. The number of nitrogens with zero attached hydrogens (tertiary/aromatic N) is 2. The van der Waals surface area contributed by atoms with E-state index in [-0.39, 0.29) is 24.2 Å². The Bertz CT molecular complexity index is 925. The average Bonchev–Trinajstić information content (AvgIpc) is 2.98. The fourth-order valence-electron chi connectivity index (χ4n) is 3.78. The standard InChI is InChI=1S/C22H25N3O5/c1-15-2-4-16(5-3-15)19-14-30-20-12-17(21(26)23-28)6-7-18(20)13-25(19)22(27)24-8-10-29-11-9-24/h2-7,12,19,28H,8-11,13-14H2,1H3,(H,23,26)/t19-/m1/s1. The third kappa shape index (κ3) is 4.10. The van der Waals surface area contributed by atoms with Crippen LogP contribution in [0.2, 0.25) is 0 Å². The van der Waals surface area contributed by atoms with Gasteiger partial charge >= 0.3 is 6.03 Å². The molecule has 158 valence electrons. The monoisotopic (exact) mass is 411 g/mol. The number of amides is 3. The molecule has 1 fully saturated rings. The van der Waals surface area contributed by atoms with E-state index in [9.17, 15) is 9.59 Å². The number of hydrogen-bond donors (Lipinski definition) is 2. The summed E-state index contributed by atoms with van der Waals surface area (Å²) in [7, 11) is 0. The second-order valence-electron chi connectivity index (χ2n) is 7.51. The van der Waals surface area contributed by atoms with Crippen LogP contribution in [0.4, 0.5) is 4.79 Å². The third-order valence-electron chi connectivity index (χ3n) is 5.53. The molecule has 0 aliphatic carbocycles. The lowest BCUT2D eigenvalue weighted by Crippen LogP contribution is -2.49. The van der Waals surface area contributed by atoms with E-state index < -0.39 is 5.91 Å². The quantitative estimate of drug-likeness (QED) is 0.585. The lowest BCUT2D eigenvalue weighted by molar-refractivity contribution is 0.0362. The number of nitrogens with one attached hydrogen (secondary N) is 1. The molecule has 2 aliphatic rings. The van der Waals surface area contributed by atoms with Crippen LogP contribution in [0.1, 0.15) is 33.1 Å². The molecule has 4 rings (SSSR count). The first-order valence-electron chi connectivity index (χ1n) is 9.97. The van der Waals surface area contributed by atoms with E-state index in [2.05, 4.69) is 0 Å². The van der Waals surface area contributed by atoms with Gasteiger partial charge < -0.3 is 19.3 Å². The highest BCUT2D eigenvalue weighted by Crippen LogP contribution is 2.33. The summed E-state index contributed by atoms with van der Waals surface area (Å²) in [5.74, 6) is -0.0764. The molecule has 1 atom stereocenters. The third-order valence-corrected chi connectivity index (χ3v) is 5.53. The number of aryl methyl sites for hydroxylation is 1. The summed E-state index contributed by atoms with van der Waals surface area (Å²) in [5, 5.41) is 8.91. The van der Waals surface area contributed by atoms with Crippen molar-refractivity contribution in [2.75, 3.05) is 32.9 Å². The van der Waals surface area contributed by atoms with Gasteiger partial charge in [0, 0.05) is 24.2 Å². The van der Waals surface area contributed by atoms with Gasteiger partial charge in [-0.2, -0.15) is 0 Å². The minimum atomic E-state index is -0.609. The highest BCUT2D eigenvalue weighted by molar-refractivity contribution is 5.93. The topological polar surface area (TPSA) is 91.3 Å². The number of fused-ring (bicyclic) bond motifs is 1. The molecule has 2 heterocycles. The second kappa shape index (κ2) is 8.73. The van der Waals surface area contributed by atoms with Gasteiger partial charge in [0.05, 0.1) is 25.8 Å². The Morgan fingerprint density at radius 3 is 2.53 bits per heavy atom. The van der Waals surface area contributed by atoms with Gasteiger partial charge in [-0.15, -0.1) is 0 Å². The van der Waals surface area contributed by atoms with Gasteiger partial charge in [-0.05, 0) is 24.6 Å². The zero-order chi connectivity index (χ0) is 21.1.